The van der Waals surface area contributed by atoms with Crippen molar-refractivity contribution in [3.05, 3.63) is 29.8 Å². The Labute approximate surface area is 86.1 Å². The van der Waals surface area contributed by atoms with E-state index in [-0.39, 0.29) is 6.04 Å². The molecular weight excluding hydrogens is 199 g/mol. The first-order valence-electron chi connectivity index (χ1n) is 4.76. The molecule has 1 aromatic rings. The molecule has 0 saturated carbocycles. The van der Waals surface area contributed by atoms with E-state index in [0.717, 1.165) is 6.20 Å². The zero-order valence-corrected chi connectivity index (χ0v) is 7.98. The van der Waals surface area contributed by atoms with E-state index in [1.165, 1.54) is 6.07 Å². The van der Waals surface area contributed by atoms with E-state index < -0.39 is 17.8 Å². The average molecular weight is 210 g/mol. The van der Waals surface area contributed by atoms with Crippen LogP contribution in [0.2, 0.25) is 0 Å². The molecule has 1 fully saturated rings. The number of rotatable bonds is 2. The molecule has 5 heteroatoms. The van der Waals surface area contributed by atoms with Gasteiger partial charge in [-0.1, -0.05) is 0 Å². The second-order valence-electron chi connectivity index (χ2n) is 3.62. The normalized spacial score (nSPS) is 25.4. The predicted octanol–water partition coefficient (Wildman–Crippen LogP) is 1.10. The van der Waals surface area contributed by atoms with Crippen molar-refractivity contribution in [1.82, 2.24) is 10.3 Å². The summed E-state index contributed by atoms with van der Waals surface area (Å²) >= 11 is 0. The van der Waals surface area contributed by atoms with Gasteiger partial charge in [-0.25, -0.2) is 4.39 Å². The topological polar surface area (TPSA) is 62.2 Å². The summed E-state index contributed by atoms with van der Waals surface area (Å²) in [7, 11) is 0. The number of carboxylic acid groups (broad SMARTS) is 1. The van der Waals surface area contributed by atoms with E-state index in [2.05, 4.69) is 10.3 Å². The fraction of sp³-hybridized carbons (Fsp3) is 0.400. The lowest BCUT2D eigenvalue weighted by Crippen LogP contribution is -2.31. The summed E-state index contributed by atoms with van der Waals surface area (Å²) in [4.78, 5) is 14.4. The Morgan fingerprint density at radius 3 is 2.93 bits per heavy atom. The zero-order valence-electron chi connectivity index (χ0n) is 7.98. The van der Waals surface area contributed by atoms with Gasteiger partial charge in [0.1, 0.15) is 11.9 Å². The molecule has 1 aliphatic heterocycles. The van der Waals surface area contributed by atoms with Crippen molar-refractivity contribution < 1.29 is 14.3 Å². The third kappa shape index (κ3) is 2.12. The van der Waals surface area contributed by atoms with Gasteiger partial charge in [0.2, 0.25) is 0 Å². The van der Waals surface area contributed by atoms with Crippen LogP contribution in [0, 0.1) is 5.82 Å². The molecular formula is C10H11FN2O2. The van der Waals surface area contributed by atoms with Crippen molar-refractivity contribution in [2.24, 2.45) is 0 Å². The van der Waals surface area contributed by atoms with Crippen LogP contribution in [-0.2, 0) is 4.79 Å². The van der Waals surface area contributed by atoms with Crippen LogP contribution in [0.15, 0.2) is 18.5 Å². The summed E-state index contributed by atoms with van der Waals surface area (Å²) in [6.45, 7) is 0. The number of pyridine rings is 1. The van der Waals surface area contributed by atoms with Crippen molar-refractivity contribution in [2.75, 3.05) is 0 Å². The lowest BCUT2D eigenvalue weighted by atomic mass is 10.1. The van der Waals surface area contributed by atoms with Crippen LogP contribution in [-0.4, -0.2) is 22.1 Å². The second kappa shape index (κ2) is 3.94. The first-order valence-corrected chi connectivity index (χ1v) is 4.76. The van der Waals surface area contributed by atoms with Crippen molar-refractivity contribution in [1.29, 1.82) is 0 Å². The number of halogens is 1. The Bertz CT molecular complexity index is 383. The minimum absolute atomic E-state index is 0.103. The molecule has 1 aliphatic rings. The van der Waals surface area contributed by atoms with Gasteiger partial charge in [0.25, 0.3) is 0 Å². The van der Waals surface area contributed by atoms with Crippen LogP contribution in [0.4, 0.5) is 4.39 Å². The SMILES string of the molecule is O=C(O)[C@@H]1CC[C@H](c2cncc(F)c2)N1. The molecule has 2 heterocycles. The Morgan fingerprint density at radius 2 is 2.33 bits per heavy atom. The monoisotopic (exact) mass is 210 g/mol. The lowest BCUT2D eigenvalue weighted by Gasteiger charge is -2.11. The van der Waals surface area contributed by atoms with Gasteiger partial charge in [-0.05, 0) is 24.5 Å². The Balaban J connectivity index is 2.11. The standard InChI is InChI=1S/C10H11FN2O2/c11-7-3-6(4-12-5-7)8-1-2-9(13-8)10(14)15/h3-5,8-9,13H,1-2H2,(H,14,15)/t8-,9+/m1/s1. The fourth-order valence-electron chi connectivity index (χ4n) is 1.82. The van der Waals surface area contributed by atoms with Crippen LogP contribution < -0.4 is 5.32 Å². The van der Waals surface area contributed by atoms with Crippen molar-refractivity contribution in [3.8, 4) is 0 Å². The number of carbonyl (C=O) groups is 1. The number of aromatic nitrogens is 1. The van der Waals surface area contributed by atoms with Crippen LogP contribution in [0.1, 0.15) is 24.4 Å². The molecule has 4 nitrogen and oxygen atoms in total. The van der Waals surface area contributed by atoms with Crippen molar-refractivity contribution in [3.63, 3.8) is 0 Å². The highest BCUT2D eigenvalue weighted by atomic mass is 19.1. The highest BCUT2D eigenvalue weighted by Crippen LogP contribution is 2.26. The first kappa shape index (κ1) is 10.0. The fourth-order valence-corrected chi connectivity index (χ4v) is 1.82. The van der Waals surface area contributed by atoms with E-state index in [4.69, 9.17) is 5.11 Å². The minimum Gasteiger partial charge on any atom is -0.480 e. The maximum absolute atomic E-state index is 12.9. The van der Waals surface area contributed by atoms with E-state index in [1.807, 2.05) is 0 Å². The Kier molecular flexibility index (Phi) is 2.64. The maximum Gasteiger partial charge on any atom is 0.320 e. The molecule has 0 radical (unpaired) electrons. The molecule has 2 rings (SSSR count). The van der Waals surface area contributed by atoms with E-state index >= 15 is 0 Å². The van der Waals surface area contributed by atoms with Crippen LogP contribution in [0.5, 0.6) is 0 Å². The molecule has 0 amide bonds. The van der Waals surface area contributed by atoms with E-state index in [0.29, 0.717) is 18.4 Å². The van der Waals surface area contributed by atoms with Crippen LogP contribution >= 0.6 is 0 Å². The summed E-state index contributed by atoms with van der Waals surface area (Å²) < 4.78 is 12.9. The summed E-state index contributed by atoms with van der Waals surface area (Å²) in [5.41, 5.74) is 0.707. The number of carboxylic acids is 1. The van der Waals surface area contributed by atoms with Gasteiger partial charge in [-0.15, -0.1) is 0 Å². The minimum atomic E-state index is -0.859. The van der Waals surface area contributed by atoms with Crippen molar-refractivity contribution >= 4 is 5.97 Å². The summed E-state index contributed by atoms with van der Waals surface area (Å²) in [5, 5.41) is 11.7. The summed E-state index contributed by atoms with van der Waals surface area (Å²) in [6.07, 6.45) is 3.96. The van der Waals surface area contributed by atoms with E-state index in [9.17, 15) is 9.18 Å². The van der Waals surface area contributed by atoms with Crippen LogP contribution in [0.3, 0.4) is 0 Å². The highest BCUT2D eigenvalue weighted by Gasteiger charge is 2.29. The van der Waals surface area contributed by atoms with Gasteiger partial charge in [-0.2, -0.15) is 0 Å². The first-order chi connectivity index (χ1) is 7.16. The predicted molar refractivity (Wildman–Crippen MR) is 50.7 cm³/mol. The Hall–Kier alpha value is -1.49. The van der Waals surface area contributed by atoms with Gasteiger partial charge in [0.05, 0.1) is 6.20 Å². The molecule has 1 aromatic heterocycles. The maximum atomic E-state index is 12.9. The largest absolute Gasteiger partial charge is 0.480 e. The molecule has 80 valence electrons. The second-order valence-corrected chi connectivity index (χ2v) is 3.62. The van der Waals surface area contributed by atoms with Crippen molar-refractivity contribution in [2.45, 2.75) is 24.9 Å². The third-order valence-corrected chi connectivity index (χ3v) is 2.57. The average Bonchev–Trinajstić information content (AvgIpc) is 2.66. The van der Waals surface area contributed by atoms with Gasteiger partial charge < -0.3 is 5.11 Å². The number of aliphatic carboxylic acids is 1. The molecule has 15 heavy (non-hydrogen) atoms. The number of hydrogen-bond acceptors (Lipinski definition) is 3. The molecule has 0 aromatic carbocycles. The molecule has 0 unspecified atom stereocenters. The zero-order chi connectivity index (χ0) is 10.8. The molecule has 2 atom stereocenters. The molecule has 0 spiro atoms. The van der Waals surface area contributed by atoms with Gasteiger partial charge in [0.15, 0.2) is 0 Å². The number of nitrogens with one attached hydrogen (secondary N) is 1. The molecule has 1 saturated heterocycles. The van der Waals surface area contributed by atoms with E-state index in [1.54, 1.807) is 6.20 Å². The molecule has 0 bridgehead atoms. The van der Waals surface area contributed by atoms with Crippen LogP contribution in [0.25, 0.3) is 0 Å². The Morgan fingerprint density at radius 1 is 1.53 bits per heavy atom. The van der Waals surface area contributed by atoms with Gasteiger partial charge in [0, 0.05) is 12.2 Å². The molecule has 2 N–H and O–H groups in total. The number of hydrogen-bond donors (Lipinski definition) is 2. The summed E-state index contributed by atoms with van der Waals surface area (Å²) in [5.74, 6) is -1.25. The molecule has 0 aliphatic carbocycles. The smallest absolute Gasteiger partial charge is 0.320 e. The van der Waals surface area contributed by atoms with Gasteiger partial charge >= 0.3 is 5.97 Å². The highest BCUT2D eigenvalue weighted by molar-refractivity contribution is 5.73. The summed E-state index contributed by atoms with van der Waals surface area (Å²) in [6, 6.07) is 0.752. The quantitative estimate of drug-likeness (QED) is 0.767. The lowest BCUT2D eigenvalue weighted by molar-refractivity contribution is -0.139. The number of nitrogens with zero attached hydrogens (tertiary/aromatic N) is 1. The third-order valence-electron chi connectivity index (χ3n) is 2.57. The van der Waals surface area contributed by atoms with Gasteiger partial charge in [-0.3, -0.25) is 15.1 Å².